The maximum absolute atomic E-state index is 11.2. The minimum Gasteiger partial charge on any atom is -0.493 e. The molecule has 4 rings (SSSR count). The Balaban J connectivity index is 1.86. The van der Waals surface area contributed by atoms with Gasteiger partial charge in [-0.25, -0.2) is 4.79 Å². The van der Waals surface area contributed by atoms with Crippen LogP contribution in [0.25, 0.3) is 0 Å². The molecule has 1 aliphatic carbocycles. The molecule has 2 aromatic carbocycles. The second-order valence-electron chi connectivity index (χ2n) is 7.11. The van der Waals surface area contributed by atoms with Gasteiger partial charge < -0.3 is 14.6 Å². The van der Waals surface area contributed by atoms with Crippen LogP contribution in [0, 0.1) is 0 Å². The molecule has 0 unspecified atom stereocenters. The van der Waals surface area contributed by atoms with E-state index < -0.39 is 5.97 Å². The second-order valence-corrected chi connectivity index (χ2v) is 7.11. The van der Waals surface area contributed by atoms with E-state index in [2.05, 4.69) is 6.07 Å². The molecule has 1 N–H and O–H groups in total. The maximum atomic E-state index is 11.2. The zero-order valence-electron chi connectivity index (χ0n) is 15.6. The maximum Gasteiger partial charge on any atom is 0.335 e. The molecule has 0 saturated heterocycles. The summed E-state index contributed by atoms with van der Waals surface area (Å²) in [6.45, 7) is 0. The number of aliphatic imine (C=N–C) groups is 1. The summed E-state index contributed by atoms with van der Waals surface area (Å²) in [6, 6.07) is 11.3. The monoisotopic (exact) mass is 365 g/mol. The molecule has 5 heteroatoms. The van der Waals surface area contributed by atoms with E-state index in [1.54, 1.807) is 26.4 Å². The van der Waals surface area contributed by atoms with Crippen LogP contribution in [0.15, 0.2) is 41.4 Å². The Bertz CT molecular complexity index is 901. The van der Waals surface area contributed by atoms with Gasteiger partial charge in [0.2, 0.25) is 0 Å². The molecule has 2 atom stereocenters. The Morgan fingerprint density at radius 2 is 1.70 bits per heavy atom. The highest BCUT2D eigenvalue weighted by molar-refractivity contribution is 6.15. The first-order valence-corrected chi connectivity index (χ1v) is 9.30. The van der Waals surface area contributed by atoms with Crippen molar-refractivity contribution in [1.29, 1.82) is 0 Å². The van der Waals surface area contributed by atoms with Gasteiger partial charge in [0.05, 0.1) is 31.5 Å². The van der Waals surface area contributed by atoms with Crippen LogP contribution in [0.5, 0.6) is 11.5 Å². The van der Waals surface area contributed by atoms with E-state index in [0.29, 0.717) is 11.7 Å². The van der Waals surface area contributed by atoms with Gasteiger partial charge in [-0.1, -0.05) is 25.0 Å². The highest BCUT2D eigenvalue weighted by atomic mass is 16.5. The topological polar surface area (TPSA) is 68.1 Å². The zero-order chi connectivity index (χ0) is 19.0. The van der Waals surface area contributed by atoms with E-state index in [4.69, 9.17) is 19.6 Å². The smallest absolute Gasteiger partial charge is 0.335 e. The summed E-state index contributed by atoms with van der Waals surface area (Å²) in [5, 5.41) is 9.16. The number of benzene rings is 2. The molecule has 0 radical (unpaired) electrons. The van der Waals surface area contributed by atoms with Crippen molar-refractivity contribution in [3.05, 3.63) is 58.7 Å². The fourth-order valence-corrected chi connectivity index (χ4v) is 4.27. The van der Waals surface area contributed by atoms with Crippen molar-refractivity contribution in [3.8, 4) is 11.5 Å². The summed E-state index contributed by atoms with van der Waals surface area (Å²) in [5.41, 5.74) is 4.42. The van der Waals surface area contributed by atoms with Gasteiger partial charge in [0.15, 0.2) is 11.5 Å². The molecule has 1 fully saturated rings. The van der Waals surface area contributed by atoms with Crippen molar-refractivity contribution in [2.75, 3.05) is 14.2 Å². The minimum absolute atomic E-state index is 0.263. The average Bonchev–Trinajstić information content (AvgIpc) is 2.72. The second kappa shape index (κ2) is 7.06. The molecule has 0 amide bonds. The number of fused-ring (bicyclic) bond motifs is 3. The standard InChI is InChI=1S/C22H23NO4/c1-26-19-11-16-15-5-3-4-6-18(15)23-21(17(16)12-20(19)27-2)13-7-9-14(10-8-13)22(24)25/h7-12,15,18H,3-6H2,1-2H3,(H,24,25)/t15-,18+/m0/s1. The molecule has 1 saturated carbocycles. The molecule has 0 bridgehead atoms. The summed E-state index contributed by atoms with van der Waals surface area (Å²) >= 11 is 0. The van der Waals surface area contributed by atoms with E-state index in [0.717, 1.165) is 35.4 Å². The van der Waals surface area contributed by atoms with Gasteiger partial charge in [-0.3, -0.25) is 4.99 Å². The first-order valence-electron chi connectivity index (χ1n) is 9.30. The predicted molar refractivity (Wildman–Crippen MR) is 104 cm³/mol. The Morgan fingerprint density at radius 3 is 2.37 bits per heavy atom. The van der Waals surface area contributed by atoms with Crippen molar-refractivity contribution in [1.82, 2.24) is 0 Å². The molecule has 2 aliphatic rings. The van der Waals surface area contributed by atoms with E-state index in [1.165, 1.54) is 18.4 Å². The van der Waals surface area contributed by atoms with E-state index >= 15 is 0 Å². The fraction of sp³-hybridized carbons (Fsp3) is 0.364. The van der Waals surface area contributed by atoms with Crippen molar-refractivity contribution in [2.45, 2.75) is 37.6 Å². The van der Waals surface area contributed by atoms with Crippen LogP contribution in [-0.4, -0.2) is 37.0 Å². The molecular formula is C22H23NO4. The third-order valence-electron chi connectivity index (χ3n) is 5.64. The Labute approximate surface area is 158 Å². The van der Waals surface area contributed by atoms with Crippen molar-refractivity contribution in [2.24, 2.45) is 4.99 Å². The van der Waals surface area contributed by atoms with E-state index in [1.807, 2.05) is 18.2 Å². The first-order chi connectivity index (χ1) is 13.1. The molecule has 0 spiro atoms. The quantitative estimate of drug-likeness (QED) is 0.878. The van der Waals surface area contributed by atoms with Crippen LogP contribution in [-0.2, 0) is 0 Å². The van der Waals surface area contributed by atoms with Crippen LogP contribution in [0.3, 0.4) is 0 Å². The summed E-state index contributed by atoms with van der Waals surface area (Å²) in [5.74, 6) is 0.894. The number of carboxylic acid groups (broad SMARTS) is 1. The van der Waals surface area contributed by atoms with Crippen LogP contribution < -0.4 is 9.47 Å². The number of carboxylic acids is 1. The van der Waals surface area contributed by atoms with Gasteiger partial charge in [-0.05, 0) is 42.7 Å². The molecule has 140 valence electrons. The number of ether oxygens (including phenoxy) is 2. The molecule has 5 nitrogen and oxygen atoms in total. The van der Waals surface area contributed by atoms with Crippen LogP contribution >= 0.6 is 0 Å². The normalized spacial score (nSPS) is 20.9. The molecular weight excluding hydrogens is 342 g/mol. The van der Waals surface area contributed by atoms with Gasteiger partial charge in [-0.15, -0.1) is 0 Å². The average molecular weight is 365 g/mol. The zero-order valence-corrected chi connectivity index (χ0v) is 15.6. The fourth-order valence-electron chi connectivity index (χ4n) is 4.27. The highest BCUT2D eigenvalue weighted by Crippen LogP contribution is 2.44. The highest BCUT2D eigenvalue weighted by Gasteiger charge is 2.34. The lowest BCUT2D eigenvalue weighted by Gasteiger charge is -2.35. The molecule has 0 aromatic heterocycles. The summed E-state index contributed by atoms with van der Waals surface area (Å²) in [6.07, 6.45) is 4.61. The van der Waals surface area contributed by atoms with Crippen LogP contribution in [0.1, 0.15) is 58.6 Å². The van der Waals surface area contributed by atoms with E-state index in [9.17, 15) is 4.79 Å². The molecule has 27 heavy (non-hydrogen) atoms. The Hall–Kier alpha value is -2.82. The molecule has 1 heterocycles. The van der Waals surface area contributed by atoms with Gasteiger partial charge in [0, 0.05) is 17.0 Å². The summed E-state index contributed by atoms with van der Waals surface area (Å²) < 4.78 is 11.1. The number of aromatic carboxylic acids is 1. The molecule has 2 aromatic rings. The Morgan fingerprint density at radius 1 is 1.04 bits per heavy atom. The largest absolute Gasteiger partial charge is 0.493 e. The summed E-state index contributed by atoms with van der Waals surface area (Å²) in [4.78, 5) is 16.3. The number of hydrogen-bond acceptors (Lipinski definition) is 4. The first kappa shape index (κ1) is 17.6. The SMILES string of the molecule is COc1cc2c(cc1OC)[C@@H]1CCCC[C@H]1N=C2c1ccc(C(=O)O)cc1. The van der Waals surface area contributed by atoms with Crippen molar-refractivity contribution < 1.29 is 19.4 Å². The lowest BCUT2D eigenvalue weighted by molar-refractivity contribution is 0.0697. The van der Waals surface area contributed by atoms with Gasteiger partial charge in [0.25, 0.3) is 0 Å². The summed E-state index contributed by atoms with van der Waals surface area (Å²) in [7, 11) is 3.29. The van der Waals surface area contributed by atoms with Crippen molar-refractivity contribution in [3.63, 3.8) is 0 Å². The van der Waals surface area contributed by atoms with Gasteiger partial charge in [0.1, 0.15) is 0 Å². The lowest BCUT2D eigenvalue weighted by Crippen LogP contribution is -2.29. The molecule has 1 aliphatic heterocycles. The third kappa shape index (κ3) is 3.07. The van der Waals surface area contributed by atoms with Gasteiger partial charge >= 0.3 is 5.97 Å². The number of methoxy groups -OCH3 is 2. The van der Waals surface area contributed by atoms with Crippen molar-refractivity contribution >= 4 is 11.7 Å². The number of carbonyl (C=O) groups is 1. The Kier molecular flexibility index (Phi) is 4.60. The lowest BCUT2D eigenvalue weighted by atomic mass is 9.75. The number of hydrogen-bond donors (Lipinski definition) is 1. The van der Waals surface area contributed by atoms with Gasteiger partial charge in [-0.2, -0.15) is 0 Å². The van der Waals surface area contributed by atoms with Crippen LogP contribution in [0.2, 0.25) is 0 Å². The third-order valence-corrected chi connectivity index (χ3v) is 5.64. The van der Waals surface area contributed by atoms with Crippen LogP contribution in [0.4, 0.5) is 0 Å². The number of rotatable bonds is 4. The number of nitrogens with zero attached hydrogens (tertiary/aromatic N) is 1. The minimum atomic E-state index is -0.925. The predicted octanol–water partition coefficient (Wildman–Crippen LogP) is 4.28. The van der Waals surface area contributed by atoms with E-state index in [-0.39, 0.29) is 11.6 Å².